The van der Waals surface area contributed by atoms with Gasteiger partial charge in [-0.25, -0.2) is 0 Å². The molecule has 0 fully saturated rings. The van der Waals surface area contributed by atoms with Gasteiger partial charge in [0.2, 0.25) is 0 Å². The normalized spacial score (nSPS) is 22.5. The van der Waals surface area contributed by atoms with E-state index in [9.17, 15) is 13.2 Å². The number of rotatable bonds is 2. The van der Waals surface area contributed by atoms with Gasteiger partial charge in [-0.3, -0.25) is 4.79 Å². The molecule has 2 aromatic carbocycles. The summed E-state index contributed by atoms with van der Waals surface area (Å²) >= 11 is 12.3. The fourth-order valence-corrected chi connectivity index (χ4v) is 4.11. The first-order valence-electron chi connectivity index (χ1n) is 7.14. The van der Waals surface area contributed by atoms with Crippen molar-refractivity contribution >= 4 is 44.7 Å². The Bertz CT molecular complexity index is 937. The fourth-order valence-electron chi connectivity index (χ4n) is 2.48. The molecule has 0 saturated heterocycles. The summed E-state index contributed by atoms with van der Waals surface area (Å²) in [6.07, 6.45) is 0. The summed E-state index contributed by atoms with van der Waals surface area (Å²) in [6, 6.07) is 12.9. The first kappa shape index (κ1) is 17.1. The lowest BCUT2D eigenvalue weighted by Gasteiger charge is -2.25. The standard InChI is InChI=1S/C17H13Cl2NO3S/c1-10-6-8-11(9-7-10)24(22,23)20-16-12-4-2-3-5-13(12)17(21)15(19)14(16)18/h2-9,14-15H,1H3/t14-,15-/m0/s1. The van der Waals surface area contributed by atoms with Crippen molar-refractivity contribution in [1.82, 2.24) is 0 Å². The van der Waals surface area contributed by atoms with Gasteiger partial charge >= 0.3 is 0 Å². The first-order valence-corrected chi connectivity index (χ1v) is 9.46. The molecule has 0 spiro atoms. The molecule has 0 heterocycles. The average molecular weight is 382 g/mol. The van der Waals surface area contributed by atoms with Crippen LogP contribution in [0.25, 0.3) is 0 Å². The number of hydrogen-bond acceptors (Lipinski definition) is 3. The second-order valence-electron chi connectivity index (χ2n) is 5.48. The Hall–Kier alpha value is -1.69. The van der Waals surface area contributed by atoms with Gasteiger partial charge in [0.05, 0.1) is 10.6 Å². The third-order valence-corrected chi connectivity index (χ3v) is 6.12. The minimum atomic E-state index is -3.96. The summed E-state index contributed by atoms with van der Waals surface area (Å²) in [7, 11) is -3.96. The third-order valence-electron chi connectivity index (χ3n) is 3.77. The van der Waals surface area contributed by atoms with E-state index in [1.165, 1.54) is 12.1 Å². The zero-order valence-corrected chi connectivity index (χ0v) is 14.9. The summed E-state index contributed by atoms with van der Waals surface area (Å²) in [4.78, 5) is 12.3. The molecule has 4 nitrogen and oxygen atoms in total. The van der Waals surface area contributed by atoms with Crippen LogP contribution in [0.1, 0.15) is 21.5 Å². The molecule has 0 saturated carbocycles. The highest BCUT2D eigenvalue weighted by Gasteiger charge is 2.38. The van der Waals surface area contributed by atoms with Gasteiger partial charge in [0.25, 0.3) is 10.0 Å². The van der Waals surface area contributed by atoms with Crippen molar-refractivity contribution in [3.8, 4) is 0 Å². The Labute approximate surface area is 150 Å². The SMILES string of the molecule is Cc1ccc(S(=O)(=O)N=C2c3ccccc3C(=O)[C@@H](Cl)[C@@H]2Cl)cc1. The minimum Gasteiger partial charge on any atom is -0.292 e. The van der Waals surface area contributed by atoms with E-state index in [0.29, 0.717) is 11.1 Å². The third kappa shape index (κ3) is 2.99. The molecule has 0 aromatic heterocycles. The predicted molar refractivity (Wildman–Crippen MR) is 95.0 cm³/mol. The Kier molecular flexibility index (Phi) is 4.51. The molecular formula is C17H13Cl2NO3S. The number of hydrogen-bond donors (Lipinski definition) is 0. The van der Waals surface area contributed by atoms with Crippen LogP contribution >= 0.6 is 23.2 Å². The van der Waals surface area contributed by atoms with Crippen LogP contribution in [-0.2, 0) is 10.0 Å². The number of ketones is 1. The number of carbonyl (C=O) groups excluding carboxylic acids is 1. The average Bonchev–Trinajstić information content (AvgIpc) is 2.57. The number of alkyl halides is 2. The molecule has 1 aliphatic carbocycles. The van der Waals surface area contributed by atoms with Crippen LogP contribution < -0.4 is 0 Å². The molecule has 7 heteroatoms. The van der Waals surface area contributed by atoms with Gasteiger partial charge in [-0.15, -0.1) is 23.2 Å². The molecule has 3 rings (SSSR count). The highest BCUT2D eigenvalue weighted by molar-refractivity contribution is 7.90. The van der Waals surface area contributed by atoms with Crippen molar-refractivity contribution in [2.75, 3.05) is 0 Å². The quantitative estimate of drug-likeness (QED) is 0.746. The maximum atomic E-state index is 12.6. The molecule has 0 N–H and O–H groups in total. The van der Waals surface area contributed by atoms with E-state index >= 15 is 0 Å². The number of benzene rings is 2. The number of halogens is 2. The summed E-state index contributed by atoms with van der Waals surface area (Å²) in [5.74, 6) is -0.334. The van der Waals surface area contributed by atoms with Crippen LogP contribution in [0.5, 0.6) is 0 Å². The Balaban J connectivity index is 2.16. The van der Waals surface area contributed by atoms with Crippen molar-refractivity contribution in [1.29, 1.82) is 0 Å². The number of aryl methyl sites for hydroxylation is 1. The number of nitrogens with zero attached hydrogens (tertiary/aromatic N) is 1. The van der Waals surface area contributed by atoms with Gasteiger partial charge in [0.1, 0.15) is 10.8 Å². The molecule has 0 amide bonds. The fraction of sp³-hybridized carbons (Fsp3) is 0.176. The van der Waals surface area contributed by atoms with Crippen LogP contribution in [0.2, 0.25) is 0 Å². The van der Waals surface area contributed by atoms with E-state index < -0.39 is 20.8 Å². The highest BCUT2D eigenvalue weighted by Crippen LogP contribution is 2.30. The smallest absolute Gasteiger partial charge is 0.282 e. The van der Waals surface area contributed by atoms with E-state index in [-0.39, 0.29) is 16.4 Å². The van der Waals surface area contributed by atoms with Crippen LogP contribution in [0.3, 0.4) is 0 Å². The van der Waals surface area contributed by atoms with Crippen molar-refractivity contribution in [2.45, 2.75) is 22.6 Å². The summed E-state index contributed by atoms with van der Waals surface area (Å²) in [6.45, 7) is 1.86. The van der Waals surface area contributed by atoms with Crippen LogP contribution in [0, 0.1) is 6.92 Å². The van der Waals surface area contributed by atoms with Gasteiger partial charge in [0.15, 0.2) is 5.78 Å². The lowest BCUT2D eigenvalue weighted by atomic mass is 9.88. The van der Waals surface area contributed by atoms with Crippen LogP contribution in [-0.4, -0.2) is 30.7 Å². The summed E-state index contributed by atoms with van der Waals surface area (Å²) in [5, 5.41) is -2.08. The Morgan fingerprint density at radius 2 is 1.50 bits per heavy atom. The number of sulfonamides is 1. The minimum absolute atomic E-state index is 0.0602. The molecule has 0 radical (unpaired) electrons. The number of fused-ring (bicyclic) bond motifs is 1. The Morgan fingerprint density at radius 1 is 0.917 bits per heavy atom. The zero-order chi connectivity index (χ0) is 17.5. The lowest BCUT2D eigenvalue weighted by Crippen LogP contribution is -2.39. The largest absolute Gasteiger partial charge is 0.292 e. The van der Waals surface area contributed by atoms with Gasteiger partial charge < -0.3 is 0 Å². The topological polar surface area (TPSA) is 63.6 Å². The van der Waals surface area contributed by atoms with E-state index in [1.54, 1.807) is 36.4 Å². The van der Waals surface area contributed by atoms with Crippen molar-refractivity contribution in [3.63, 3.8) is 0 Å². The second-order valence-corrected chi connectivity index (χ2v) is 8.02. The van der Waals surface area contributed by atoms with Gasteiger partial charge in [-0.05, 0) is 19.1 Å². The van der Waals surface area contributed by atoms with E-state index in [2.05, 4.69) is 4.40 Å². The lowest BCUT2D eigenvalue weighted by molar-refractivity contribution is 0.0987. The molecule has 0 unspecified atom stereocenters. The summed E-state index contributed by atoms with van der Waals surface area (Å²) in [5.41, 5.74) is 1.75. The molecular weight excluding hydrogens is 369 g/mol. The van der Waals surface area contributed by atoms with E-state index in [0.717, 1.165) is 5.56 Å². The predicted octanol–water partition coefficient (Wildman–Crippen LogP) is 3.58. The van der Waals surface area contributed by atoms with Gasteiger partial charge in [-0.1, -0.05) is 42.0 Å². The van der Waals surface area contributed by atoms with Gasteiger partial charge in [0, 0.05) is 11.1 Å². The van der Waals surface area contributed by atoms with Gasteiger partial charge in [-0.2, -0.15) is 12.8 Å². The molecule has 2 aromatic rings. The molecule has 0 aliphatic heterocycles. The maximum Gasteiger partial charge on any atom is 0.282 e. The second kappa shape index (κ2) is 6.31. The molecule has 2 atom stereocenters. The zero-order valence-electron chi connectivity index (χ0n) is 12.6. The first-order chi connectivity index (χ1) is 11.3. The molecule has 0 bridgehead atoms. The van der Waals surface area contributed by atoms with Crippen LogP contribution in [0.15, 0.2) is 57.8 Å². The molecule has 124 valence electrons. The molecule has 1 aliphatic rings. The van der Waals surface area contributed by atoms with Crippen molar-refractivity contribution < 1.29 is 13.2 Å². The summed E-state index contributed by atoms with van der Waals surface area (Å²) < 4.78 is 29.1. The highest BCUT2D eigenvalue weighted by atomic mass is 35.5. The van der Waals surface area contributed by atoms with E-state index in [4.69, 9.17) is 23.2 Å². The Morgan fingerprint density at radius 3 is 2.12 bits per heavy atom. The van der Waals surface area contributed by atoms with Crippen molar-refractivity contribution in [2.24, 2.45) is 4.40 Å². The van der Waals surface area contributed by atoms with E-state index in [1.807, 2.05) is 6.92 Å². The maximum absolute atomic E-state index is 12.6. The van der Waals surface area contributed by atoms with Crippen molar-refractivity contribution in [3.05, 3.63) is 65.2 Å². The number of carbonyl (C=O) groups is 1. The monoisotopic (exact) mass is 381 g/mol. The molecule has 24 heavy (non-hydrogen) atoms. The van der Waals surface area contributed by atoms with Crippen LogP contribution in [0.4, 0.5) is 0 Å². The number of Topliss-reactive ketones (excluding diaryl/α,β-unsaturated/α-hetero) is 1.